The molecule has 1 heterocycles. The molecule has 3 rings (SSSR count). The van der Waals surface area contributed by atoms with Crippen LogP contribution in [0.15, 0.2) is 41.3 Å². The van der Waals surface area contributed by atoms with Crippen molar-refractivity contribution in [1.82, 2.24) is 4.90 Å². The van der Waals surface area contributed by atoms with Gasteiger partial charge >= 0.3 is 0 Å². The van der Waals surface area contributed by atoms with Gasteiger partial charge in [-0.2, -0.15) is 0 Å². The molecule has 6 nitrogen and oxygen atoms in total. The van der Waals surface area contributed by atoms with E-state index < -0.39 is 10.0 Å². The molecule has 0 radical (unpaired) electrons. The number of hydrogen-bond acceptors (Lipinski definition) is 4. The van der Waals surface area contributed by atoms with Crippen LogP contribution in [0.25, 0.3) is 0 Å². The molecule has 1 fully saturated rings. The van der Waals surface area contributed by atoms with Crippen LogP contribution < -0.4 is 9.88 Å². The maximum atomic E-state index is 13.3. The molecule has 1 aliphatic heterocycles. The number of carbonyl (C=O) groups excluding carboxylic acids is 1. The topological polar surface area (TPSA) is 89.7 Å². The number of rotatable bonds is 4. The fourth-order valence-corrected chi connectivity index (χ4v) is 4.20. The lowest BCUT2D eigenvalue weighted by Crippen LogP contribution is -2.31. The normalized spacial score (nSPS) is 17.2. The van der Waals surface area contributed by atoms with E-state index in [4.69, 9.17) is 9.88 Å². The summed E-state index contributed by atoms with van der Waals surface area (Å²) in [5, 5.41) is 5.28. The molecule has 0 aliphatic carbocycles. The van der Waals surface area contributed by atoms with Crippen LogP contribution in [-0.4, -0.2) is 32.9 Å². The molecule has 27 heavy (non-hydrogen) atoms. The molecule has 0 spiro atoms. The molecule has 0 bridgehead atoms. The number of carbonyl (C=O) groups is 1. The van der Waals surface area contributed by atoms with Crippen LogP contribution in [-0.2, 0) is 10.0 Å². The average Bonchev–Trinajstić information content (AvgIpc) is 3.12. The van der Waals surface area contributed by atoms with Gasteiger partial charge in [0.2, 0.25) is 10.0 Å². The van der Waals surface area contributed by atoms with E-state index in [-0.39, 0.29) is 16.8 Å². The number of ether oxygens (including phenoxy) is 1. The molecule has 2 N–H and O–H groups in total. The molecule has 1 atom stereocenters. The van der Waals surface area contributed by atoms with Crippen molar-refractivity contribution in [3.63, 3.8) is 0 Å². The molecule has 144 valence electrons. The number of nitrogens with two attached hydrogens (primary N) is 1. The van der Waals surface area contributed by atoms with Crippen molar-refractivity contribution in [3.8, 4) is 5.75 Å². The number of hydrogen-bond donors (Lipinski definition) is 1. The van der Waals surface area contributed by atoms with E-state index in [0.29, 0.717) is 12.1 Å². The Morgan fingerprint density at radius 1 is 1.22 bits per heavy atom. The molecule has 1 amide bonds. The zero-order valence-corrected chi connectivity index (χ0v) is 16.5. The van der Waals surface area contributed by atoms with Gasteiger partial charge in [0.05, 0.1) is 18.0 Å². The van der Waals surface area contributed by atoms with Crippen molar-refractivity contribution >= 4 is 15.9 Å². The number of primary sulfonamides is 1. The van der Waals surface area contributed by atoms with Crippen molar-refractivity contribution in [2.24, 2.45) is 5.14 Å². The van der Waals surface area contributed by atoms with Crippen LogP contribution >= 0.6 is 0 Å². The number of likely N-dealkylation sites (tertiary alicyclic amines) is 1. The Balaban J connectivity index is 2.01. The smallest absolute Gasteiger partial charge is 0.254 e. The summed E-state index contributed by atoms with van der Waals surface area (Å²) < 4.78 is 28.9. The summed E-state index contributed by atoms with van der Waals surface area (Å²) in [5.41, 5.74) is 2.89. The van der Waals surface area contributed by atoms with Crippen molar-refractivity contribution in [2.75, 3.05) is 13.7 Å². The highest BCUT2D eigenvalue weighted by Crippen LogP contribution is 2.35. The molecule has 2 aromatic carbocycles. The third-order valence-electron chi connectivity index (χ3n) is 5.19. The highest BCUT2D eigenvalue weighted by Gasteiger charge is 2.32. The van der Waals surface area contributed by atoms with Gasteiger partial charge in [0.25, 0.3) is 5.91 Å². The van der Waals surface area contributed by atoms with E-state index in [9.17, 15) is 13.2 Å². The number of nitrogens with zero attached hydrogens (tertiary/aromatic N) is 1. The number of sulfonamides is 1. The van der Waals surface area contributed by atoms with Crippen molar-refractivity contribution < 1.29 is 17.9 Å². The number of aryl methyl sites for hydroxylation is 1. The van der Waals surface area contributed by atoms with Gasteiger partial charge in [0.15, 0.2) is 0 Å². The molecule has 0 saturated carbocycles. The number of amides is 1. The van der Waals surface area contributed by atoms with Crippen LogP contribution in [0.1, 0.15) is 45.9 Å². The van der Waals surface area contributed by atoms with E-state index in [0.717, 1.165) is 35.3 Å². The Kier molecular flexibility index (Phi) is 5.26. The molecule has 1 saturated heterocycles. The minimum absolute atomic E-state index is 0.0360. The Hall–Kier alpha value is -2.38. The first kappa shape index (κ1) is 19.4. The molecular weight excluding hydrogens is 364 g/mol. The standard InChI is InChI=1S/C20H24N2O4S/c1-13-10-17(27(21,24)25)12-18(14(13)2)20(23)22-9-5-8-19(22)15-6-4-7-16(11-15)26-3/h4,6-7,10-12,19H,5,8-9H2,1-3H3,(H2,21,24,25). The van der Waals surface area contributed by atoms with Crippen molar-refractivity contribution in [3.05, 3.63) is 58.7 Å². The monoisotopic (exact) mass is 388 g/mol. The minimum atomic E-state index is -3.88. The average molecular weight is 388 g/mol. The first-order valence-electron chi connectivity index (χ1n) is 8.81. The lowest BCUT2D eigenvalue weighted by Gasteiger charge is -2.26. The quantitative estimate of drug-likeness (QED) is 0.872. The maximum Gasteiger partial charge on any atom is 0.254 e. The first-order valence-corrected chi connectivity index (χ1v) is 10.4. The fraction of sp³-hybridized carbons (Fsp3) is 0.350. The van der Waals surface area contributed by atoms with Crippen LogP contribution in [0.5, 0.6) is 5.75 Å². The number of benzene rings is 2. The van der Waals surface area contributed by atoms with Crippen molar-refractivity contribution in [2.45, 2.75) is 37.6 Å². The number of methoxy groups -OCH3 is 1. The summed E-state index contributed by atoms with van der Waals surface area (Å²) >= 11 is 0. The predicted octanol–water partition coefficient (Wildman–Crippen LogP) is 2.94. The summed E-state index contributed by atoms with van der Waals surface area (Å²) in [6, 6.07) is 10.5. The largest absolute Gasteiger partial charge is 0.497 e. The lowest BCUT2D eigenvalue weighted by atomic mass is 10.0. The van der Waals surface area contributed by atoms with E-state index in [2.05, 4.69) is 0 Å². The lowest BCUT2D eigenvalue weighted by molar-refractivity contribution is 0.0734. The fourth-order valence-electron chi connectivity index (χ4n) is 3.57. The van der Waals surface area contributed by atoms with Gasteiger partial charge < -0.3 is 9.64 Å². The van der Waals surface area contributed by atoms with Gasteiger partial charge in [-0.15, -0.1) is 0 Å². The van der Waals surface area contributed by atoms with Gasteiger partial charge in [-0.1, -0.05) is 12.1 Å². The van der Waals surface area contributed by atoms with E-state index in [1.54, 1.807) is 14.0 Å². The van der Waals surface area contributed by atoms with Gasteiger partial charge in [0, 0.05) is 12.1 Å². The summed E-state index contributed by atoms with van der Waals surface area (Å²) in [4.78, 5) is 15.1. The van der Waals surface area contributed by atoms with Gasteiger partial charge in [-0.05, 0) is 67.6 Å². The molecule has 0 aromatic heterocycles. The summed E-state index contributed by atoms with van der Waals surface area (Å²) in [7, 11) is -2.27. The van der Waals surface area contributed by atoms with E-state index in [1.165, 1.54) is 12.1 Å². The van der Waals surface area contributed by atoms with E-state index in [1.807, 2.05) is 36.1 Å². The second-order valence-electron chi connectivity index (χ2n) is 6.89. The predicted molar refractivity (Wildman–Crippen MR) is 103 cm³/mol. The Labute approximate surface area is 160 Å². The molecule has 2 aromatic rings. The zero-order valence-electron chi connectivity index (χ0n) is 15.7. The molecular formula is C20H24N2O4S. The van der Waals surface area contributed by atoms with Crippen LogP contribution in [0.2, 0.25) is 0 Å². The van der Waals surface area contributed by atoms with E-state index >= 15 is 0 Å². The molecule has 7 heteroatoms. The Bertz CT molecular complexity index is 985. The molecule has 1 unspecified atom stereocenters. The van der Waals surface area contributed by atoms with Crippen LogP contribution in [0.3, 0.4) is 0 Å². The molecule has 1 aliphatic rings. The van der Waals surface area contributed by atoms with Gasteiger partial charge in [0.1, 0.15) is 5.75 Å². The Morgan fingerprint density at radius 3 is 2.63 bits per heavy atom. The summed E-state index contributed by atoms with van der Waals surface area (Å²) in [6.45, 7) is 4.23. The zero-order chi connectivity index (χ0) is 19.8. The first-order chi connectivity index (χ1) is 12.7. The Morgan fingerprint density at radius 2 is 1.96 bits per heavy atom. The summed E-state index contributed by atoms with van der Waals surface area (Å²) in [5.74, 6) is 0.571. The van der Waals surface area contributed by atoms with Gasteiger partial charge in [-0.25, -0.2) is 13.6 Å². The third-order valence-corrected chi connectivity index (χ3v) is 6.08. The van der Waals surface area contributed by atoms with Gasteiger partial charge in [-0.3, -0.25) is 4.79 Å². The van der Waals surface area contributed by atoms with Crippen LogP contribution in [0, 0.1) is 13.8 Å². The van der Waals surface area contributed by atoms with Crippen molar-refractivity contribution in [1.29, 1.82) is 0 Å². The second-order valence-corrected chi connectivity index (χ2v) is 8.45. The second kappa shape index (κ2) is 7.32. The SMILES string of the molecule is COc1cccc(C2CCCN2C(=O)c2cc(S(N)(=O)=O)cc(C)c2C)c1. The van der Waals surface area contributed by atoms with Crippen LogP contribution in [0.4, 0.5) is 0 Å². The highest BCUT2D eigenvalue weighted by atomic mass is 32.2. The summed E-state index contributed by atoms with van der Waals surface area (Å²) in [6.07, 6.45) is 1.74. The minimum Gasteiger partial charge on any atom is -0.497 e. The third kappa shape index (κ3) is 3.84. The maximum absolute atomic E-state index is 13.3. The highest BCUT2D eigenvalue weighted by molar-refractivity contribution is 7.89.